The highest BCUT2D eigenvalue weighted by atomic mass is 16.5. The molecule has 118 valence electrons. The number of nitrogens with one attached hydrogen (secondary N) is 1. The lowest BCUT2D eigenvalue weighted by atomic mass is 10.0. The zero-order valence-corrected chi connectivity index (χ0v) is 13.0. The largest absolute Gasteiger partial charge is 0.372 e. The van der Waals surface area contributed by atoms with Gasteiger partial charge in [-0.15, -0.1) is 0 Å². The van der Waals surface area contributed by atoms with Gasteiger partial charge in [-0.05, 0) is 25.5 Å². The van der Waals surface area contributed by atoms with E-state index in [1.807, 2.05) is 31.2 Å². The topological polar surface area (TPSA) is 67.6 Å². The van der Waals surface area contributed by atoms with Gasteiger partial charge >= 0.3 is 6.03 Å². The van der Waals surface area contributed by atoms with Crippen molar-refractivity contribution in [2.24, 2.45) is 0 Å². The Morgan fingerprint density at radius 2 is 2.27 bits per heavy atom. The van der Waals surface area contributed by atoms with E-state index in [1.165, 1.54) is 0 Å². The van der Waals surface area contributed by atoms with Gasteiger partial charge in [0.2, 0.25) is 0 Å². The van der Waals surface area contributed by atoms with E-state index >= 15 is 0 Å². The minimum absolute atomic E-state index is 0.0879. The van der Waals surface area contributed by atoms with Crippen LogP contribution in [0.25, 0.3) is 11.0 Å². The van der Waals surface area contributed by atoms with Crippen LogP contribution in [0, 0.1) is 0 Å². The quantitative estimate of drug-likeness (QED) is 0.946. The lowest BCUT2D eigenvalue weighted by Crippen LogP contribution is -2.54. The summed E-state index contributed by atoms with van der Waals surface area (Å²) < 4.78 is 11.0. The van der Waals surface area contributed by atoms with Gasteiger partial charge in [-0.2, -0.15) is 0 Å². The van der Waals surface area contributed by atoms with E-state index in [9.17, 15) is 4.79 Å². The highest BCUT2D eigenvalue weighted by molar-refractivity contribution is 5.80. The van der Waals surface area contributed by atoms with Crippen molar-refractivity contribution in [3.8, 4) is 0 Å². The van der Waals surface area contributed by atoms with Crippen LogP contribution in [-0.4, -0.2) is 41.4 Å². The molecule has 1 aromatic heterocycles. The van der Waals surface area contributed by atoms with E-state index in [2.05, 4.69) is 17.4 Å². The van der Waals surface area contributed by atoms with Crippen molar-refractivity contribution >= 4 is 17.0 Å². The number of rotatable bonds is 3. The van der Waals surface area contributed by atoms with Crippen molar-refractivity contribution in [1.29, 1.82) is 0 Å². The number of morpholine rings is 1. The van der Waals surface area contributed by atoms with Gasteiger partial charge < -0.3 is 19.5 Å². The zero-order chi connectivity index (χ0) is 15.6. The Hall–Kier alpha value is -2.08. The summed E-state index contributed by atoms with van der Waals surface area (Å²) in [6.45, 7) is 6.26. The highest BCUT2D eigenvalue weighted by Crippen LogP contribution is 2.21. The van der Waals surface area contributed by atoms with Gasteiger partial charge in [0.05, 0.1) is 25.3 Å². The number of aromatic nitrogens is 1. The summed E-state index contributed by atoms with van der Waals surface area (Å²) in [5.74, 6) is 0. The van der Waals surface area contributed by atoms with E-state index in [-0.39, 0.29) is 11.6 Å². The van der Waals surface area contributed by atoms with E-state index in [4.69, 9.17) is 9.26 Å². The molecule has 0 saturated carbocycles. The van der Waals surface area contributed by atoms with E-state index in [0.29, 0.717) is 26.2 Å². The molecule has 6 heteroatoms. The van der Waals surface area contributed by atoms with Crippen molar-refractivity contribution in [2.45, 2.75) is 32.4 Å². The number of nitrogens with zero attached hydrogens (tertiary/aromatic N) is 2. The second kappa shape index (κ2) is 5.96. The van der Waals surface area contributed by atoms with Crippen molar-refractivity contribution in [3.63, 3.8) is 0 Å². The fourth-order valence-corrected chi connectivity index (χ4v) is 2.65. The SMILES string of the molecule is CCC1(C)CN(C(=O)NCc2noc3ccccc23)CCO1. The molecule has 1 atom stereocenters. The van der Waals surface area contributed by atoms with Crippen molar-refractivity contribution in [2.75, 3.05) is 19.7 Å². The molecule has 6 nitrogen and oxygen atoms in total. The molecule has 2 amide bonds. The smallest absolute Gasteiger partial charge is 0.317 e. The summed E-state index contributed by atoms with van der Waals surface area (Å²) in [7, 11) is 0. The second-order valence-electron chi connectivity index (χ2n) is 5.86. The van der Waals surface area contributed by atoms with Gasteiger partial charge in [-0.1, -0.05) is 24.2 Å². The van der Waals surface area contributed by atoms with Crippen LogP contribution in [0.4, 0.5) is 4.79 Å². The second-order valence-corrected chi connectivity index (χ2v) is 5.86. The van der Waals surface area contributed by atoms with Gasteiger partial charge in [0.1, 0.15) is 5.69 Å². The van der Waals surface area contributed by atoms with Crippen LogP contribution in [0.1, 0.15) is 26.0 Å². The van der Waals surface area contributed by atoms with Crippen LogP contribution in [0.15, 0.2) is 28.8 Å². The third kappa shape index (κ3) is 2.92. The van der Waals surface area contributed by atoms with Crippen molar-refractivity contribution < 1.29 is 14.1 Å². The standard InChI is InChI=1S/C16H21N3O3/c1-3-16(2)11-19(8-9-21-16)15(20)17-10-13-12-6-4-5-7-14(12)22-18-13/h4-7H,3,8-11H2,1-2H3,(H,17,20). The van der Waals surface area contributed by atoms with Gasteiger partial charge in [-0.25, -0.2) is 4.79 Å². The molecule has 22 heavy (non-hydrogen) atoms. The fourth-order valence-electron chi connectivity index (χ4n) is 2.65. The predicted octanol–water partition coefficient (Wildman–Crippen LogP) is 2.54. The maximum atomic E-state index is 12.3. The molecule has 0 bridgehead atoms. The lowest BCUT2D eigenvalue weighted by molar-refractivity contribution is -0.0872. The number of para-hydroxylation sites is 1. The molecule has 1 N–H and O–H groups in total. The lowest BCUT2D eigenvalue weighted by Gasteiger charge is -2.39. The average molecular weight is 303 g/mol. The molecule has 1 saturated heterocycles. The number of hydrogen-bond donors (Lipinski definition) is 1. The molecule has 0 spiro atoms. The number of urea groups is 1. The molecule has 1 aromatic carbocycles. The van der Waals surface area contributed by atoms with E-state index in [1.54, 1.807) is 4.90 Å². The molecule has 0 radical (unpaired) electrons. The molecule has 2 aromatic rings. The summed E-state index contributed by atoms with van der Waals surface area (Å²) in [5, 5.41) is 7.88. The molecule has 3 rings (SSSR count). The third-order valence-corrected chi connectivity index (χ3v) is 4.23. The van der Waals surface area contributed by atoms with Crippen molar-refractivity contribution in [1.82, 2.24) is 15.4 Å². The molecule has 1 unspecified atom stereocenters. The first kappa shape index (κ1) is 14.8. The maximum Gasteiger partial charge on any atom is 0.317 e. The Kier molecular flexibility index (Phi) is 4.02. The Morgan fingerprint density at radius 3 is 3.09 bits per heavy atom. The number of carbonyl (C=O) groups excluding carboxylic acids is 1. The van der Waals surface area contributed by atoms with Crippen LogP contribution in [-0.2, 0) is 11.3 Å². The first-order chi connectivity index (χ1) is 10.6. The maximum absolute atomic E-state index is 12.3. The highest BCUT2D eigenvalue weighted by Gasteiger charge is 2.32. The number of hydrogen-bond acceptors (Lipinski definition) is 4. The summed E-state index contributed by atoms with van der Waals surface area (Å²) in [6, 6.07) is 7.54. The Labute approximate surface area is 129 Å². The summed E-state index contributed by atoms with van der Waals surface area (Å²) in [4.78, 5) is 14.1. The van der Waals surface area contributed by atoms with Gasteiger partial charge in [-0.3, -0.25) is 0 Å². The minimum atomic E-state index is -0.254. The minimum Gasteiger partial charge on any atom is -0.372 e. The van der Waals surface area contributed by atoms with Crippen molar-refractivity contribution in [3.05, 3.63) is 30.0 Å². The normalized spacial score (nSPS) is 22.0. The predicted molar refractivity (Wildman–Crippen MR) is 82.5 cm³/mol. The van der Waals surface area contributed by atoms with Gasteiger partial charge in [0, 0.05) is 11.9 Å². The summed E-state index contributed by atoms with van der Waals surface area (Å²) in [6.07, 6.45) is 0.880. The van der Waals surface area contributed by atoms with Crippen LogP contribution in [0.3, 0.4) is 0 Å². The number of fused-ring (bicyclic) bond motifs is 1. The molecule has 1 aliphatic heterocycles. The monoisotopic (exact) mass is 303 g/mol. The van der Waals surface area contributed by atoms with Crippen LogP contribution >= 0.6 is 0 Å². The molecular weight excluding hydrogens is 282 g/mol. The number of benzene rings is 1. The van der Waals surface area contributed by atoms with Crippen LogP contribution in [0.5, 0.6) is 0 Å². The Morgan fingerprint density at radius 1 is 1.45 bits per heavy atom. The number of ether oxygens (including phenoxy) is 1. The average Bonchev–Trinajstić information content (AvgIpc) is 2.96. The fraction of sp³-hybridized carbons (Fsp3) is 0.500. The molecule has 1 fully saturated rings. The summed E-state index contributed by atoms with van der Waals surface area (Å²) in [5.41, 5.74) is 1.23. The molecule has 0 aliphatic carbocycles. The Balaban J connectivity index is 1.62. The number of carbonyl (C=O) groups is 1. The van der Waals surface area contributed by atoms with Gasteiger partial charge in [0.25, 0.3) is 0 Å². The van der Waals surface area contributed by atoms with Gasteiger partial charge in [0.15, 0.2) is 5.58 Å². The van der Waals surface area contributed by atoms with Crippen LogP contribution < -0.4 is 5.32 Å². The Bertz CT molecular complexity index is 669. The molecule has 2 heterocycles. The number of amides is 2. The van der Waals surface area contributed by atoms with E-state index < -0.39 is 0 Å². The van der Waals surface area contributed by atoms with E-state index in [0.717, 1.165) is 23.1 Å². The first-order valence-electron chi connectivity index (χ1n) is 7.61. The van der Waals surface area contributed by atoms with Crippen LogP contribution in [0.2, 0.25) is 0 Å². The molecule has 1 aliphatic rings. The summed E-state index contributed by atoms with van der Waals surface area (Å²) >= 11 is 0. The zero-order valence-electron chi connectivity index (χ0n) is 13.0. The first-order valence-corrected chi connectivity index (χ1v) is 7.61. The third-order valence-electron chi connectivity index (χ3n) is 4.23. The molecular formula is C16H21N3O3.